The SMILES string of the molecule is CCCCCCC(N)c1cccnc1. The van der Waals surface area contributed by atoms with Crippen molar-refractivity contribution in [2.24, 2.45) is 5.73 Å². The molecule has 78 valence electrons. The van der Waals surface area contributed by atoms with Crippen molar-refractivity contribution >= 4 is 0 Å². The Morgan fingerprint density at radius 3 is 2.86 bits per heavy atom. The Bertz CT molecular complexity index is 233. The van der Waals surface area contributed by atoms with Crippen LogP contribution >= 0.6 is 0 Å². The highest BCUT2D eigenvalue weighted by Crippen LogP contribution is 2.16. The third-order valence-electron chi connectivity index (χ3n) is 2.48. The molecule has 0 aliphatic heterocycles. The van der Waals surface area contributed by atoms with Gasteiger partial charge < -0.3 is 5.73 Å². The number of rotatable bonds is 6. The van der Waals surface area contributed by atoms with E-state index in [4.69, 9.17) is 5.73 Å². The number of aromatic nitrogens is 1. The standard InChI is InChI=1S/C12H20N2/c1-2-3-4-5-8-12(13)11-7-6-9-14-10-11/h6-7,9-10,12H,2-5,8,13H2,1H3. The van der Waals surface area contributed by atoms with Gasteiger partial charge in [0.2, 0.25) is 0 Å². The van der Waals surface area contributed by atoms with Crippen LogP contribution in [-0.4, -0.2) is 4.98 Å². The second kappa shape index (κ2) is 6.55. The van der Waals surface area contributed by atoms with Crippen molar-refractivity contribution in [3.63, 3.8) is 0 Å². The van der Waals surface area contributed by atoms with Crippen molar-refractivity contribution < 1.29 is 0 Å². The zero-order chi connectivity index (χ0) is 10.2. The highest BCUT2D eigenvalue weighted by atomic mass is 14.7. The van der Waals surface area contributed by atoms with Crippen molar-refractivity contribution in [2.45, 2.75) is 45.1 Å². The van der Waals surface area contributed by atoms with E-state index in [1.807, 2.05) is 12.3 Å². The summed E-state index contributed by atoms with van der Waals surface area (Å²) in [6, 6.07) is 4.17. The summed E-state index contributed by atoms with van der Waals surface area (Å²) >= 11 is 0. The third kappa shape index (κ3) is 3.88. The average molecular weight is 192 g/mol. The first kappa shape index (κ1) is 11.2. The molecular formula is C12H20N2. The van der Waals surface area contributed by atoms with Crippen LogP contribution in [0.4, 0.5) is 0 Å². The lowest BCUT2D eigenvalue weighted by Gasteiger charge is -2.10. The van der Waals surface area contributed by atoms with E-state index >= 15 is 0 Å². The lowest BCUT2D eigenvalue weighted by Crippen LogP contribution is -2.10. The Labute approximate surface area is 86.5 Å². The molecule has 0 bridgehead atoms. The van der Waals surface area contributed by atoms with Crippen LogP contribution in [0.2, 0.25) is 0 Å². The number of pyridine rings is 1. The summed E-state index contributed by atoms with van der Waals surface area (Å²) in [6.45, 7) is 2.22. The van der Waals surface area contributed by atoms with E-state index in [0.29, 0.717) is 0 Å². The number of nitrogens with zero attached hydrogens (tertiary/aromatic N) is 1. The van der Waals surface area contributed by atoms with E-state index in [-0.39, 0.29) is 6.04 Å². The molecule has 0 saturated heterocycles. The Morgan fingerprint density at radius 2 is 2.21 bits per heavy atom. The molecule has 1 aromatic rings. The van der Waals surface area contributed by atoms with Crippen molar-refractivity contribution in [1.82, 2.24) is 4.98 Å². The molecule has 1 unspecified atom stereocenters. The van der Waals surface area contributed by atoms with Crippen LogP contribution in [0.5, 0.6) is 0 Å². The molecule has 1 heterocycles. The molecule has 1 aromatic heterocycles. The lowest BCUT2D eigenvalue weighted by molar-refractivity contribution is 0.565. The van der Waals surface area contributed by atoms with Gasteiger partial charge in [0.1, 0.15) is 0 Å². The summed E-state index contributed by atoms with van der Waals surface area (Å²) < 4.78 is 0. The summed E-state index contributed by atoms with van der Waals surface area (Å²) in [6.07, 6.45) is 9.85. The summed E-state index contributed by atoms with van der Waals surface area (Å²) in [5, 5.41) is 0. The minimum atomic E-state index is 0.167. The largest absolute Gasteiger partial charge is 0.324 e. The second-order valence-electron chi connectivity index (χ2n) is 3.74. The normalized spacial score (nSPS) is 12.7. The first-order valence-corrected chi connectivity index (χ1v) is 5.50. The molecule has 0 aliphatic carbocycles. The predicted molar refractivity (Wildman–Crippen MR) is 59.9 cm³/mol. The molecule has 2 heteroatoms. The molecule has 1 rings (SSSR count). The molecule has 14 heavy (non-hydrogen) atoms. The molecular weight excluding hydrogens is 172 g/mol. The Morgan fingerprint density at radius 1 is 1.36 bits per heavy atom. The fourth-order valence-electron chi connectivity index (χ4n) is 1.55. The molecule has 1 atom stereocenters. The summed E-state index contributed by atoms with van der Waals surface area (Å²) in [4.78, 5) is 4.07. The molecule has 0 saturated carbocycles. The Kier molecular flexibility index (Phi) is 5.23. The monoisotopic (exact) mass is 192 g/mol. The van der Waals surface area contributed by atoms with Gasteiger partial charge in [0, 0.05) is 18.4 Å². The number of unbranched alkanes of at least 4 members (excludes halogenated alkanes) is 3. The topological polar surface area (TPSA) is 38.9 Å². The molecule has 0 spiro atoms. The molecule has 0 fully saturated rings. The fourth-order valence-corrected chi connectivity index (χ4v) is 1.55. The summed E-state index contributed by atoms with van der Waals surface area (Å²) in [5.41, 5.74) is 7.19. The minimum absolute atomic E-state index is 0.167. The summed E-state index contributed by atoms with van der Waals surface area (Å²) in [5.74, 6) is 0. The van der Waals surface area contributed by atoms with Crippen LogP contribution in [0.15, 0.2) is 24.5 Å². The average Bonchev–Trinajstić information content (AvgIpc) is 2.25. The number of hydrogen-bond donors (Lipinski definition) is 1. The van der Waals surface area contributed by atoms with Crippen LogP contribution in [0.25, 0.3) is 0 Å². The van der Waals surface area contributed by atoms with E-state index in [2.05, 4.69) is 18.0 Å². The quantitative estimate of drug-likeness (QED) is 0.703. The zero-order valence-corrected chi connectivity index (χ0v) is 8.95. The van der Waals surface area contributed by atoms with Crippen molar-refractivity contribution in [3.8, 4) is 0 Å². The van der Waals surface area contributed by atoms with Crippen LogP contribution in [0.1, 0.15) is 50.6 Å². The van der Waals surface area contributed by atoms with Gasteiger partial charge >= 0.3 is 0 Å². The molecule has 2 nitrogen and oxygen atoms in total. The third-order valence-corrected chi connectivity index (χ3v) is 2.48. The highest BCUT2D eigenvalue weighted by Gasteiger charge is 2.04. The maximum atomic E-state index is 6.04. The lowest BCUT2D eigenvalue weighted by atomic mass is 10.0. The van der Waals surface area contributed by atoms with Gasteiger partial charge in [-0.25, -0.2) is 0 Å². The Balaban J connectivity index is 2.25. The minimum Gasteiger partial charge on any atom is -0.324 e. The van der Waals surface area contributed by atoms with Crippen LogP contribution in [-0.2, 0) is 0 Å². The maximum Gasteiger partial charge on any atom is 0.0315 e. The number of hydrogen-bond acceptors (Lipinski definition) is 2. The highest BCUT2D eigenvalue weighted by molar-refractivity contribution is 5.12. The van der Waals surface area contributed by atoms with Gasteiger partial charge in [-0.05, 0) is 18.1 Å². The molecule has 0 aromatic carbocycles. The van der Waals surface area contributed by atoms with Crippen molar-refractivity contribution in [1.29, 1.82) is 0 Å². The van der Waals surface area contributed by atoms with Gasteiger partial charge in [0.25, 0.3) is 0 Å². The molecule has 0 amide bonds. The first-order valence-electron chi connectivity index (χ1n) is 5.50. The molecule has 0 radical (unpaired) electrons. The van der Waals surface area contributed by atoms with Gasteiger partial charge in [0.05, 0.1) is 0 Å². The second-order valence-corrected chi connectivity index (χ2v) is 3.74. The Hall–Kier alpha value is -0.890. The van der Waals surface area contributed by atoms with Gasteiger partial charge in [-0.3, -0.25) is 4.98 Å². The molecule has 0 aliphatic rings. The predicted octanol–water partition coefficient (Wildman–Crippen LogP) is 3.05. The zero-order valence-electron chi connectivity index (χ0n) is 8.95. The van der Waals surface area contributed by atoms with E-state index < -0.39 is 0 Å². The van der Waals surface area contributed by atoms with Gasteiger partial charge in [0.15, 0.2) is 0 Å². The van der Waals surface area contributed by atoms with Gasteiger partial charge in [-0.2, -0.15) is 0 Å². The van der Waals surface area contributed by atoms with Crippen LogP contribution in [0, 0.1) is 0 Å². The van der Waals surface area contributed by atoms with Gasteiger partial charge in [-0.15, -0.1) is 0 Å². The van der Waals surface area contributed by atoms with E-state index in [0.717, 1.165) is 12.0 Å². The summed E-state index contributed by atoms with van der Waals surface area (Å²) in [7, 11) is 0. The maximum absolute atomic E-state index is 6.04. The van der Waals surface area contributed by atoms with E-state index in [1.54, 1.807) is 6.20 Å². The van der Waals surface area contributed by atoms with E-state index in [9.17, 15) is 0 Å². The molecule has 2 N–H and O–H groups in total. The van der Waals surface area contributed by atoms with E-state index in [1.165, 1.54) is 25.7 Å². The number of nitrogens with two attached hydrogens (primary N) is 1. The fraction of sp³-hybridized carbons (Fsp3) is 0.583. The smallest absolute Gasteiger partial charge is 0.0315 e. The first-order chi connectivity index (χ1) is 6.84. The van der Waals surface area contributed by atoms with Gasteiger partial charge in [-0.1, -0.05) is 38.7 Å². The van der Waals surface area contributed by atoms with Crippen LogP contribution < -0.4 is 5.73 Å². The van der Waals surface area contributed by atoms with Crippen LogP contribution in [0.3, 0.4) is 0 Å². The van der Waals surface area contributed by atoms with Crippen molar-refractivity contribution in [3.05, 3.63) is 30.1 Å². The van der Waals surface area contributed by atoms with Crippen molar-refractivity contribution in [2.75, 3.05) is 0 Å².